The second-order valence-corrected chi connectivity index (χ2v) is 19.6. The van der Waals surface area contributed by atoms with E-state index in [0.717, 1.165) is 112 Å². The van der Waals surface area contributed by atoms with Gasteiger partial charge in [-0.1, -0.05) is 129 Å². The Hall–Kier alpha value is -2.75. The molecule has 0 bridgehead atoms. The van der Waals surface area contributed by atoms with E-state index in [1.807, 2.05) is 0 Å². The summed E-state index contributed by atoms with van der Waals surface area (Å²) in [6, 6.07) is 16.8. The van der Waals surface area contributed by atoms with Gasteiger partial charge in [0.2, 0.25) is 0 Å². The fraction of sp³-hybridized carbons (Fsp3) is 0.712. The van der Waals surface area contributed by atoms with Crippen LogP contribution in [0.1, 0.15) is 170 Å². The SMILES string of the molecule is CCCCCOc1ccc(-c2ccc(OCCCCCCCC(=O)O[C@H]3CC[C@@]4(C)C(=CC[C@H]5[C@@H]6CC[C@H]([C@H](C)CCCC(C)C)[C@@]6(C)CC[C@@H]54)C3)cc2)cc1. The summed E-state index contributed by atoms with van der Waals surface area (Å²) in [4.78, 5) is 12.9. The zero-order valence-electron chi connectivity index (χ0n) is 36.4. The van der Waals surface area contributed by atoms with E-state index in [1.54, 1.807) is 5.57 Å². The monoisotopic (exact) mass is 767 g/mol. The van der Waals surface area contributed by atoms with Crippen molar-refractivity contribution < 1.29 is 19.0 Å². The maximum atomic E-state index is 12.9. The van der Waals surface area contributed by atoms with Crippen LogP contribution in [0.3, 0.4) is 0 Å². The number of carbonyl (C=O) groups is 1. The van der Waals surface area contributed by atoms with E-state index < -0.39 is 0 Å². The van der Waals surface area contributed by atoms with E-state index in [1.165, 1.54) is 81.8 Å². The Morgan fingerprint density at radius 3 is 2.02 bits per heavy atom. The number of hydrogen-bond donors (Lipinski definition) is 0. The Bertz CT molecular complexity index is 1520. The minimum Gasteiger partial charge on any atom is -0.494 e. The molecule has 6 rings (SSSR count). The summed E-state index contributed by atoms with van der Waals surface area (Å²) < 4.78 is 18.0. The molecule has 0 aliphatic heterocycles. The molecule has 4 heteroatoms. The van der Waals surface area contributed by atoms with Crippen LogP contribution in [0.4, 0.5) is 0 Å². The van der Waals surface area contributed by atoms with Crippen LogP contribution in [0.5, 0.6) is 11.5 Å². The third-order valence-corrected chi connectivity index (χ3v) is 15.4. The van der Waals surface area contributed by atoms with Gasteiger partial charge < -0.3 is 14.2 Å². The lowest BCUT2D eigenvalue weighted by Gasteiger charge is -2.58. The van der Waals surface area contributed by atoms with Crippen molar-refractivity contribution in [2.75, 3.05) is 13.2 Å². The molecule has 4 aliphatic rings. The number of unbranched alkanes of at least 4 members (excludes halogenated alkanes) is 6. The summed E-state index contributed by atoms with van der Waals surface area (Å²) >= 11 is 0. The fourth-order valence-corrected chi connectivity index (χ4v) is 12.1. The standard InChI is InChI=1S/C52H78O4/c1-7-8-13-35-54-43-24-19-40(20-25-43)41-21-26-44(27-22-41)55-36-14-11-9-10-12-18-50(53)56-45-31-33-51(5)42(37-45)23-28-46-48-30-29-47(39(4)17-15-16-38(2)3)52(48,6)34-32-49(46)51/h19-27,38-39,45-49H,7-18,28-37H2,1-6H3/t39-,45+,46+,47-,48+,49+,51+,52-/m1/s1. The van der Waals surface area contributed by atoms with Gasteiger partial charge >= 0.3 is 5.97 Å². The number of carbonyl (C=O) groups excluding carboxylic acids is 1. The predicted molar refractivity (Wildman–Crippen MR) is 233 cm³/mol. The summed E-state index contributed by atoms with van der Waals surface area (Å²) in [7, 11) is 0. The lowest BCUT2D eigenvalue weighted by molar-refractivity contribution is -0.151. The van der Waals surface area contributed by atoms with Crippen molar-refractivity contribution >= 4 is 5.97 Å². The molecule has 0 radical (unpaired) electrons. The highest BCUT2D eigenvalue weighted by atomic mass is 16.5. The molecule has 3 saturated carbocycles. The molecule has 8 atom stereocenters. The summed E-state index contributed by atoms with van der Waals surface area (Å²) in [6.45, 7) is 16.3. The maximum absolute atomic E-state index is 12.9. The zero-order valence-corrected chi connectivity index (χ0v) is 36.4. The first-order valence-electron chi connectivity index (χ1n) is 23.5. The largest absolute Gasteiger partial charge is 0.494 e. The molecule has 0 N–H and O–H groups in total. The molecule has 0 saturated heterocycles. The quantitative estimate of drug-likeness (QED) is 0.0721. The number of allylic oxidation sites excluding steroid dienone is 1. The van der Waals surface area contributed by atoms with E-state index in [4.69, 9.17) is 14.2 Å². The average molecular weight is 767 g/mol. The number of fused-ring (bicyclic) bond motifs is 5. The number of esters is 1. The third-order valence-electron chi connectivity index (χ3n) is 15.4. The molecule has 0 aromatic heterocycles. The van der Waals surface area contributed by atoms with E-state index in [9.17, 15) is 4.79 Å². The molecule has 3 fully saturated rings. The van der Waals surface area contributed by atoms with E-state index in [-0.39, 0.29) is 12.1 Å². The van der Waals surface area contributed by atoms with Gasteiger partial charge in [0, 0.05) is 12.8 Å². The van der Waals surface area contributed by atoms with Crippen LogP contribution in [0.15, 0.2) is 60.2 Å². The Labute approximate surface area is 342 Å². The Kier molecular flexibility index (Phi) is 15.5. The van der Waals surface area contributed by atoms with Gasteiger partial charge in [-0.3, -0.25) is 4.79 Å². The Morgan fingerprint density at radius 1 is 0.714 bits per heavy atom. The van der Waals surface area contributed by atoms with E-state index >= 15 is 0 Å². The van der Waals surface area contributed by atoms with Gasteiger partial charge in [-0.15, -0.1) is 0 Å². The van der Waals surface area contributed by atoms with Gasteiger partial charge in [0.05, 0.1) is 13.2 Å². The average Bonchev–Trinajstić information content (AvgIpc) is 3.55. The van der Waals surface area contributed by atoms with E-state index in [2.05, 4.69) is 96.1 Å². The second-order valence-electron chi connectivity index (χ2n) is 19.6. The van der Waals surface area contributed by atoms with Crippen molar-refractivity contribution in [1.82, 2.24) is 0 Å². The lowest BCUT2D eigenvalue weighted by Crippen LogP contribution is -2.51. The highest BCUT2D eigenvalue weighted by Crippen LogP contribution is 2.67. The van der Waals surface area contributed by atoms with Crippen molar-refractivity contribution in [3.63, 3.8) is 0 Å². The molecule has 0 spiro atoms. The topological polar surface area (TPSA) is 44.8 Å². The van der Waals surface area contributed by atoms with Gasteiger partial charge in [-0.25, -0.2) is 0 Å². The maximum Gasteiger partial charge on any atom is 0.306 e. The molecule has 2 aromatic carbocycles. The van der Waals surface area contributed by atoms with Crippen LogP contribution in [-0.2, 0) is 9.53 Å². The first-order valence-corrected chi connectivity index (χ1v) is 23.5. The van der Waals surface area contributed by atoms with Crippen LogP contribution in [0.25, 0.3) is 11.1 Å². The number of ether oxygens (including phenoxy) is 3. The van der Waals surface area contributed by atoms with Crippen molar-refractivity contribution in [2.45, 2.75) is 176 Å². The first kappa shape index (κ1) is 42.8. The van der Waals surface area contributed by atoms with Gasteiger partial charge in [-0.05, 0) is 146 Å². The highest BCUT2D eigenvalue weighted by Gasteiger charge is 2.59. The summed E-state index contributed by atoms with van der Waals surface area (Å²) in [5.74, 6) is 7.02. The van der Waals surface area contributed by atoms with E-state index in [0.29, 0.717) is 17.3 Å². The molecular formula is C52H78O4. The minimum absolute atomic E-state index is 0.0132. The first-order chi connectivity index (χ1) is 27.1. The third kappa shape index (κ3) is 10.6. The normalized spacial score (nSPS) is 28.8. The molecule has 310 valence electrons. The number of hydrogen-bond acceptors (Lipinski definition) is 4. The summed E-state index contributed by atoms with van der Waals surface area (Å²) in [5.41, 5.74) is 4.82. The van der Waals surface area contributed by atoms with Crippen LogP contribution in [0.2, 0.25) is 0 Å². The second kappa shape index (κ2) is 20.3. The Balaban J connectivity index is 0.845. The molecule has 0 amide bonds. The molecule has 2 aromatic rings. The van der Waals surface area contributed by atoms with Crippen molar-refractivity contribution in [3.8, 4) is 22.6 Å². The van der Waals surface area contributed by atoms with Crippen molar-refractivity contribution in [2.24, 2.45) is 46.3 Å². The molecular weight excluding hydrogens is 689 g/mol. The smallest absolute Gasteiger partial charge is 0.306 e. The predicted octanol–water partition coefficient (Wildman–Crippen LogP) is 14.6. The van der Waals surface area contributed by atoms with Crippen molar-refractivity contribution in [1.29, 1.82) is 0 Å². The lowest BCUT2D eigenvalue weighted by atomic mass is 9.47. The van der Waals surface area contributed by atoms with Crippen LogP contribution >= 0.6 is 0 Å². The molecule has 4 nitrogen and oxygen atoms in total. The van der Waals surface area contributed by atoms with Gasteiger partial charge in [0.25, 0.3) is 0 Å². The molecule has 56 heavy (non-hydrogen) atoms. The fourth-order valence-electron chi connectivity index (χ4n) is 12.1. The number of rotatable bonds is 21. The molecule has 0 heterocycles. The van der Waals surface area contributed by atoms with Gasteiger partial charge in [-0.2, -0.15) is 0 Å². The zero-order chi connectivity index (χ0) is 39.5. The summed E-state index contributed by atoms with van der Waals surface area (Å²) in [6.07, 6.45) is 26.4. The number of benzene rings is 2. The van der Waals surface area contributed by atoms with Crippen LogP contribution in [-0.4, -0.2) is 25.3 Å². The Morgan fingerprint density at radius 2 is 1.36 bits per heavy atom. The minimum atomic E-state index is 0.0132. The highest BCUT2D eigenvalue weighted by molar-refractivity contribution is 5.69. The van der Waals surface area contributed by atoms with Gasteiger partial charge in [0.1, 0.15) is 17.6 Å². The summed E-state index contributed by atoms with van der Waals surface area (Å²) in [5, 5.41) is 0. The van der Waals surface area contributed by atoms with Crippen LogP contribution in [0, 0.1) is 46.3 Å². The molecule has 0 unspecified atom stereocenters. The van der Waals surface area contributed by atoms with Gasteiger partial charge in [0.15, 0.2) is 0 Å². The molecule has 4 aliphatic carbocycles. The van der Waals surface area contributed by atoms with Crippen molar-refractivity contribution in [3.05, 3.63) is 60.2 Å². The van der Waals surface area contributed by atoms with Crippen LogP contribution < -0.4 is 9.47 Å².